The second kappa shape index (κ2) is 7.58. The van der Waals surface area contributed by atoms with Crippen molar-refractivity contribution in [2.75, 3.05) is 35.2 Å². The lowest BCUT2D eigenvalue weighted by molar-refractivity contribution is 0.102. The Balaban J connectivity index is 1.47. The van der Waals surface area contributed by atoms with Crippen LogP contribution < -0.4 is 15.5 Å². The summed E-state index contributed by atoms with van der Waals surface area (Å²) < 4.78 is 1.57. The van der Waals surface area contributed by atoms with Crippen LogP contribution in [0.15, 0.2) is 36.8 Å². The van der Waals surface area contributed by atoms with E-state index in [1.54, 1.807) is 23.0 Å². The van der Waals surface area contributed by atoms with Gasteiger partial charge >= 0.3 is 0 Å². The Morgan fingerprint density at radius 3 is 2.93 bits per heavy atom. The number of carbonyl (C=O) groups excluding carboxylic acids is 1. The molecule has 5 rings (SSSR count). The topological polar surface area (TPSA) is 115 Å². The third-order valence-corrected chi connectivity index (χ3v) is 5.94. The van der Waals surface area contributed by atoms with Gasteiger partial charge in [0, 0.05) is 44.2 Å². The molecule has 9 heteroatoms. The number of hydrogen-bond donors (Lipinski definition) is 4. The average molecular weight is 408 g/mol. The molecular formula is C21H24N6O3. The number of aromatic nitrogens is 3. The molecule has 0 radical (unpaired) electrons. The molecule has 1 fully saturated rings. The number of fused-ring (bicyclic) bond motifs is 2. The van der Waals surface area contributed by atoms with Gasteiger partial charge in [0.25, 0.3) is 5.91 Å². The van der Waals surface area contributed by atoms with Gasteiger partial charge in [-0.3, -0.25) is 4.79 Å². The third kappa shape index (κ3) is 3.35. The minimum atomic E-state index is -0.622. The van der Waals surface area contributed by atoms with Gasteiger partial charge in [-0.15, -0.1) is 0 Å². The number of anilines is 3. The first-order valence-corrected chi connectivity index (χ1v) is 10.2. The quantitative estimate of drug-likeness (QED) is 0.517. The van der Waals surface area contributed by atoms with Gasteiger partial charge in [0.05, 0.1) is 17.6 Å². The molecule has 0 aliphatic carbocycles. The van der Waals surface area contributed by atoms with Crippen molar-refractivity contribution in [1.29, 1.82) is 0 Å². The predicted octanol–water partition coefficient (Wildman–Crippen LogP) is 1.48. The summed E-state index contributed by atoms with van der Waals surface area (Å²) in [7, 11) is 0. The summed E-state index contributed by atoms with van der Waals surface area (Å²) in [6.45, 7) is 1.82. The van der Waals surface area contributed by atoms with Crippen LogP contribution in [0.5, 0.6) is 0 Å². The Labute approximate surface area is 173 Å². The summed E-state index contributed by atoms with van der Waals surface area (Å²) in [6, 6.07) is 5.69. The summed E-state index contributed by atoms with van der Waals surface area (Å²) in [5.41, 5.74) is 4.35. The van der Waals surface area contributed by atoms with Crippen molar-refractivity contribution in [1.82, 2.24) is 14.6 Å². The van der Waals surface area contributed by atoms with Crippen LogP contribution in [0, 0.1) is 5.92 Å². The highest BCUT2D eigenvalue weighted by Crippen LogP contribution is 2.38. The Kier molecular flexibility index (Phi) is 4.76. The standard InChI is InChI=1S/C21H24N6O3/c28-12-13-2-6-26(7-3-13)18-8-14-9-19(29)24-16(14)10-17(18)25-21(30)15-11-23-27-5-1-4-22-20(15)27/h1,4-5,8,10-11,13,19,24,28-29H,2-3,6-7,9,12H2,(H,25,30). The number of nitrogens with zero attached hydrogens (tertiary/aromatic N) is 4. The number of benzene rings is 1. The molecule has 30 heavy (non-hydrogen) atoms. The summed E-state index contributed by atoms with van der Waals surface area (Å²) in [4.78, 5) is 19.6. The van der Waals surface area contributed by atoms with Crippen molar-refractivity contribution in [3.8, 4) is 0 Å². The Morgan fingerprint density at radius 2 is 2.13 bits per heavy atom. The van der Waals surface area contributed by atoms with E-state index in [1.165, 1.54) is 6.20 Å². The molecule has 1 atom stereocenters. The Morgan fingerprint density at radius 1 is 1.30 bits per heavy atom. The van der Waals surface area contributed by atoms with Gasteiger partial charge in [0.15, 0.2) is 5.65 Å². The van der Waals surface area contributed by atoms with Crippen LogP contribution in [0.25, 0.3) is 5.65 Å². The molecule has 1 aromatic carbocycles. The van der Waals surface area contributed by atoms with Crippen molar-refractivity contribution >= 4 is 28.6 Å². The van der Waals surface area contributed by atoms with Crippen molar-refractivity contribution in [3.05, 3.63) is 47.9 Å². The number of rotatable bonds is 4. The van der Waals surface area contributed by atoms with Crippen LogP contribution in [0.4, 0.5) is 17.1 Å². The molecule has 156 valence electrons. The van der Waals surface area contributed by atoms with Gasteiger partial charge in [0.1, 0.15) is 11.8 Å². The maximum atomic E-state index is 13.1. The van der Waals surface area contributed by atoms with Crippen LogP contribution in [0.1, 0.15) is 28.8 Å². The van der Waals surface area contributed by atoms with E-state index >= 15 is 0 Å². The molecule has 1 amide bonds. The summed E-state index contributed by atoms with van der Waals surface area (Å²) >= 11 is 0. The molecule has 3 aromatic rings. The van der Waals surface area contributed by atoms with Gasteiger partial charge in [-0.25, -0.2) is 9.50 Å². The second-order valence-corrected chi connectivity index (χ2v) is 7.90. The monoisotopic (exact) mass is 408 g/mol. The van der Waals surface area contributed by atoms with Crippen molar-refractivity contribution in [2.45, 2.75) is 25.5 Å². The van der Waals surface area contributed by atoms with Gasteiger partial charge in [-0.05, 0) is 42.5 Å². The zero-order valence-electron chi connectivity index (χ0n) is 16.5. The number of aliphatic hydroxyl groups excluding tert-OH is 2. The average Bonchev–Trinajstić information content (AvgIpc) is 3.35. The normalized spacial score (nSPS) is 19.0. The molecule has 4 heterocycles. The van der Waals surface area contributed by atoms with Gasteiger partial charge < -0.3 is 25.7 Å². The van der Waals surface area contributed by atoms with Crippen LogP contribution in [0.3, 0.4) is 0 Å². The number of hydrogen-bond acceptors (Lipinski definition) is 7. The molecule has 2 aromatic heterocycles. The highest BCUT2D eigenvalue weighted by molar-refractivity contribution is 6.09. The van der Waals surface area contributed by atoms with Gasteiger partial charge in [-0.1, -0.05) is 0 Å². The van der Waals surface area contributed by atoms with Gasteiger partial charge in [0.2, 0.25) is 0 Å². The molecule has 2 aliphatic heterocycles. The van der Waals surface area contributed by atoms with E-state index in [4.69, 9.17) is 0 Å². The van der Waals surface area contributed by atoms with E-state index in [9.17, 15) is 15.0 Å². The SMILES string of the molecule is O=C(Nc1cc2c(cc1N1CCC(CO)CC1)CC(O)N2)c1cnn2cccnc12. The number of aliphatic hydroxyl groups is 2. The van der Waals surface area contributed by atoms with Crippen molar-refractivity contribution < 1.29 is 15.0 Å². The molecule has 0 saturated carbocycles. The first kappa shape index (κ1) is 18.8. The zero-order valence-corrected chi connectivity index (χ0v) is 16.5. The fourth-order valence-electron chi connectivity index (χ4n) is 4.27. The van der Waals surface area contributed by atoms with Crippen LogP contribution in [-0.2, 0) is 6.42 Å². The van der Waals surface area contributed by atoms with Crippen molar-refractivity contribution in [2.24, 2.45) is 5.92 Å². The number of amides is 1. The largest absolute Gasteiger partial charge is 0.396 e. The molecular weight excluding hydrogens is 384 g/mol. The van der Waals surface area contributed by atoms with Crippen molar-refractivity contribution in [3.63, 3.8) is 0 Å². The lowest BCUT2D eigenvalue weighted by Crippen LogP contribution is -2.35. The van der Waals surface area contributed by atoms with E-state index in [0.29, 0.717) is 29.2 Å². The zero-order chi connectivity index (χ0) is 20.7. The molecule has 0 spiro atoms. The molecule has 4 N–H and O–H groups in total. The van der Waals surface area contributed by atoms with E-state index in [2.05, 4.69) is 25.6 Å². The first-order valence-electron chi connectivity index (χ1n) is 10.2. The highest BCUT2D eigenvalue weighted by Gasteiger charge is 2.26. The van der Waals surface area contributed by atoms with E-state index in [-0.39, 0.29) is 12.5 Å². The van der Waals surface area contributed by atoms with E-state index in [0.717, 1.165) is 42.9 Å². The predicted molar refractivity (Wildman–Crippen MR) is 113 cm³/mol. The molecule has 2 aliphatic rings. The van der Waals surface area contributed by atoms with Crippen LogP contribution in [-0.4, -0.2) is 56.6 Å². The van der Waals surface area contributed by atoms with Crippen LogP contribution in [0.2, 0.25) is 0 Å². The second-order valence-electron chi connectivity index (χ2n) is 7.90. The number of nitrogens with one attached hydrogen (secondary N) is 2. The third-order valence-electron chi connectivity index (χ3n) is 5.94. The summed E-state index contributed by atoms with van der Waals surface area (Å²) in [5.74, 6) is 0.0377. The van der Waals surface area contributed by atoms with Crippen LogP contribution >= 0.6 is 0 Å². The Bertz CT molecular complexity index is 1090. The first-order chi connectivity index (χ1) is 14.6. The summed E-state index contributed by atoms with van der Waals surface area (Å²) in [6.07, 6.45) is 6.60. The maximum absolute atomic E-state index is 13.1. The van der Waals surface area contributed by atoms with E-state index < -0.39 is 6.23 Å². The fraction of sp³-hybridized carbons (Fsp3) is 0.381. The molecule has 9 nitrogen and oxygen atoms in total. The highest BCUT2D eigenvalue weighted by atomic mass is 16.3. The van der Waals surface area contributed by atoms with E-state index in [1.807, 2.05) is 12.1 Å². The molecule has 0 bridgehead atoms. The smallest absolute Gasteiger partial charge is 0.261 e. The lowest BCUT2D eigenvalue weighted by atomic mass is 9.97. The minimum Gasteiger partial charge on any atom is -0.396 e. The van der Waals surface area contributed by atoms with Gasteiger partial charge in [-0.2, -0.15) is 5.10 Å². The lowest BCUT2D eigenvalue weighted by Gasteiger charge is -2.34. The maximum Gasteiger partial charge on any atom is 0.261 e. The molecule has 1 saturated heterocycles. The fourth-order valence-corrected chi connectivity index (χ4v) is 4.27. The number of piperidine rings is 1. The number of carbonyl (C=O) groups is 1. The molecule has 1 unspecified atom stereocenters. The summed E-state index contributed by atoms with van der Waals surface area (Å²) in [5, 5.41) is 29.7. The Hall–Kier alpha value is -3.17. The minimum absolute atomic E-state index is 0.208.